The van der Waals surface area contributed by atoms with E-state index < -0.39 is 0 Å². The van der Waals surface area contributed by atoms with Crippen molar-refractivity contribution in [2.45, 2.75) is 39.0 Å². The zero-order valence-corrected chi connectivity index (χ0v) is 15.1. The molecule has 4 heteroatoms. The second-order valence-electron chi connectivity index (χ2n) is 8.14. The molecule has 0 N–H and O–H groups in total. The Bertz CT molecular complexity index is 662. The van der Waals surface area contributed by atoms with Crippen molar-refractivity contribution in [3.63, 3.8) is 0 Å². The maximum Gasteiger partial charge on any atom is 0.227 e. The Hall–Kier alpha value is -1.84. The van der Waals surface area contributed by atoms with Gasteiger partial charge in [0.15, 0.2) is 0 Å². The summed E-state index contributed by atoms with van der Waals surface area (Å²) in [7, 11) is 0. The van der Waals surface area contributed by atoms with Gasteiger partial charge in [-0.2, -0.15) is 0 Å². The minimum atomic E-state index is 0.0239. The van der Waals surface area contributed by atoms with Crippen LogP contribution in [0.3, 0.4) is 0 Å². The third-order valence-electron chi connectivity index (χ3n) is 6.05. The molecular weight excluding hydrogens is 312 g/mol. The quantitative estimate of drug-likeness (QED) is 0.845. The van der Waals surface area contributed by atoms with Gasteiger partial charge in [0, 0.05) is 32.1 Å². The molecule has 0 spiro atoms. The van der Waals surface area contributed by atoms with E-state index in [0.717, 1.165) is 51.7 Å². The van der Waals surface area contributed by atoms with Crippen molar-refractivity contribution in [1.29, 1.82) is 0 Å². The first-order valence-electron chi connectivity index (χ1n) is 9.74. The molecule has 25 heavy (non-hydrogen) atoms. The van der Waals surface area contributed by atoms with Crippen LogP contribution in [0.4, 0.5) is 0 Å². The standard InChI is InChI=1S/C21H28N2O2/c1-15-5-2-3-6-18(15)11-16-12-23(13-16)21(25)19-7-4-10-22(14-19)20(24)17-8-9-17/h2-3,5-6,16-17,19H,4,7-14H2,1H3/t19-/m0/s1. The van der Waals surface area contributed by atoms with Gasteiger partial charge in [-0.25, -0.2) is 0 Å². The van der Waals surface area contributed by atoms with Crippen molar-refractivity contribution < 1.29 is 9.59 Å². The van der Waals surface area contributed by atoms with Crippen molar-refractivity contribution in [3.05, 3.63) is 35.4 Å². The van der Waals surface area contributed by atoms with Gasteiger partial charge in [-0.3, -0.25) is 9.59 Å². The molecular formula is C21H28N2O2. The molecule has 1 saturated carbocycles. The molecule has 1 aliphatic carbocycles. The van der Waals surface area contributed by atoms with Gasteiger partial charge in [-0.15, -0.1) is 0 Å². The molecule has 2 aliphatic heterocycles. The number of rotatable bonds is 4. The van der Waals surface area contributed by atoms with Crippen LogP contribution in [-0.2, 0) is 16.0 Å². The van der Waals surface area contributed by atoms with E-state index in [1.165, 1.54) is 11.1 Å². The third kappa shape index (κ3) is 3.58. The highest BCUT2D eigenvalue weighted by Crippen LogP contribution is 2.33. The fraction of sp³-hybridized carbons (Fsp3) is 0.619. The molecule has 0 bridgehead atoms. The number of benzene rings is 1. The second-order valence-corrected chi connectivity index (χ2v) is 8.14. The largest absolute Gasteiger partial charge is 0.342 e. The van der Waals surface area contributed by atoms with E-state index >= 15 is 0 Å². The molecule has 1 aromatic carbocycles. The molecule has 2 heterocycles. The molecule has 0 aromatic heterocycles. The summed E-state index contributed by atoms with van der Waals surface area (Å²) < 4.78 is 0. The normalized spacial score (nSPS) is 24.1. The number of carbonyl (C=O) groups is 2. The number of likely N-dealkylation sites (tertiary alicyclic amines) is 2. The van der Waals surface area contributed by atoms with Gasteiger partial charge < -0.3 is 9.80 Å². The molecule has 2 amide bonds. The van der Waals surface area contributed by atoms with Gasteiger partial charge in [-0.1, -0.05) is 24.3 Å². The Labute approximate surface area is 150 Å². The van der Waals surface area contributed by atoms with Crippen molar-refractivity contribution in [1.82, 2.24) is 9.80 Å². The molecule has 4 rings (SSSR count). The van der Waals surface area contributed by atoms with Crippen molar-refractivity contribution in [2.75, 3.05) is 26.2 Å². The van der Waals surface area contributed by atoms with E-state index in [9.17, 15) is 9.59 Å². The van der Waals surface area contributed by atoms with E-state index in [0.29, 0.717) is 18.4 Å². The average molecular weight is 340 g/mol. The first-order chi connectivity index (χ1) is 12.1. The van der Waals surface area contributed by atoms with Gasteiger partial charge in [0.25, 0.3) is 0 Å². The summed E-state index contributed by atoms with van der Waals surface area (Å²) in [5.41, 5.74) is 2.74. The Morgan fingerprint density at radius 3 is 2.40 bits per heavy atom. The van der Waals surface area contributed by atoms with Crippen LogP contribution in [0.25, 0.3) is 0 Å². The van der Waals surface area contributed by atoms with E-state index in [1.807, 2.05) is 9.80 Å². The predicted molar refractivity (Wildman–Crippen MR) is 97.0 cm³/mol. The lowest BCUT2D eigenvalue weighted by Gasteiger charge is -2.43. The maximum atomic E-state index is 12.8. The van der Waals surface area contributed by atoms with Gasteiger partial charge in [0.05, 0.1) is 5.92 Å². The van der Waals surface area contributed by atoms with Gasteiger partial charge in [0.1, 0.15) is 0 Å². The molecule has 1 aromatic rings. The summed E-state index contributed by atoms with van der Waals surface area (Å²) in [6, 6.07) is 8.53. The number of hydrogen-bond acceptors (Lipinski definition) is 2. The van der Waals surface area contributed by atoms with Crippen LogP contribution in [0, 0.1) is 24.7 Å². The van der Waals surface area contributed by atoms with Gasteiger partial charge in [-0.05, 0) is 56.1 Å². The molecule has 3 aliphatic rings. The molecule has 0 radical (unpaired) electrons. The molecule has 4 nitrogen and oxygen atoms in total. The SMILES string of the molecule is Cc1ccccc1CC1CN(C(=O)[C@H]2CCCN(C(=O)C3CC3)C2)C1. The lowest BCUT2D eigenvalue weighted by atomic mass is 9.88. The first-order valence-corrected chi connectivity index (χ1v) is 9.74. The Kier molecular flexibility index (Phi) is 4.53. The minimum Gasteiger partial charge on any atom is -0.342 e. The Morgan fingerprint density at radius 2 is 1.68 bits per heavy atom. The number of piperidine rings is 1. The predicted octanol–water partition coefficient (Wildman–Crippen LogP) is 2.64. The summed E-state index contributed by atoms with van der Waals surface area (Å²) >= 11 is 0. The fourth-order valence-electron chi connectivity index (χ4n) is 4.25. The number of carbonyl (C=O) groups excluding carboxylic acids is 2. The number of hydrogen-bond donors (Lipinski definition) is 0. The first kappa shape index (κ1) is 16.6. The van der Waals surface area contributed by atoms with Crippen molar-refractivity contribution in [3.8, 4) is 0 Å². The maximum absolute atomic E-state index is 12.8. The number of amides is 2. The van der Waals surface area contributed by atoms with E-state index in [4.69, 9.17) is 0 Å². The molecule has 0 unspecified atom stereocenters. The van der Waals surface area contributed by atoms with Crippen LogP contribution >= 0.6 is 0 Å². The molecule has 2 saturated heterocycles. The Balaban J connectivity index is 1.28. The molecule has 3 fully saturated rings. The summed E-state index contributed by atoms with van der Waals surface area (Å²) in [6.45, 7) is 5.40. The van der Waals surface area contributed by atoms with Crippen LogP contribution in [0.15, 0.2) is 24.3 Å². The van der Waals surface area contributed by atoms with Gasteiger partial charge >= 0.3 is 0 Å². The highest BCUT2D eigenvalue weighted by molar-refractivity contribution is 5.84. The van der Waals surface area contributed by atoms with E-state index in [-0.39, 0.29) is 17.7 Å². The smallest absolute Gasteiger partial charge is 0.227 e. The molecule has 1 atom stereocenters. The van der Waals surface area contributed by atoms with E-state index in [2.05, 4.69) is 31.2 Å². The zero-order valence-electron chi connectivity index (χ0n) is 15.1. The van der Waals surface area contributed by atoms with Crippen LogP contribution in [0.5, 0.6) is 0 Å². The summed E-state index contributed by atoms with van der Waals surface area (Å²) in [5.74, 6) is 1.43. The summed E-state index contributed by atoms with van der Waals surface area (Å²) in [6.07, 6.45) is 5.05. The average Bonchev–Trinajstić information content (AvgIpc) is 3.43. The lowest BCUT2D eigenvalue weighted by molar-refractivity contribution is -0.146. The van der Waals surface area contributed by atoms with Crippen LogP contribution in [0.2, 0.25) is 0 Å². The zero-order chi connectivity index (χ0) is 17.4. The highest BCUT2D eigenvalue weighted by atomic mass is 16.2. The number of nitrogens with zero attached hydrogens (tertiary/aromatic N) is 2. The van der Waals surface area contributed by atoms with E-state index in [1.54, 1.807) is 0 Å². The van der Waals surface area contributed by atoms with Crippen molar-refractivity contribution in [2.24, 2.45) is 17.8 Å². The molecule has 134 valence electrons. The van der Waals surface area contributed by atoms with Gasteiger partial charge in [0.2, 0.25) is 11.8 Å². The van der Waals surface area contributed by atoms with Crippen LogP contribution < -0.4 is 0 Å². The number of aryl methyl sites for hydroxylation is 1. The fourth-order valence-corrected chi connectivity index (χ4v) is 4.25. The Morgan fingerprint density at radius 1 is 0.960 bits per heavy atom. The minimum absolute atomic E-state index is 0.0239. The van der Waals surface area contributed by atoms with Crippen LogP contribution in [0.1, 0.15) is 36.8 Å². The summed E-state index contributed by atoms with van der Waals surface area (Å²) in [4.78, 5) is 29.0. The lowest BCUT2D eigenvalue weighted by Crippen LogP contribution is -2.55. The second kappa shape index (κ2) is 6.81. The third-order valence-corrected chi connectivity index (χ3v) is 6.05. The van der Waals surface area contributed by atoms with Crippen molar-refractivity contribution >= 4 is 11.8 Å². The monoisotopic (exact) mass is 340 g/mol. The topological polar surface area (TPSA) is 40.6 Å². The van der Waals surface area contributed by atoms with Crippen LogP contribution in [-0.4, -0.2) is 47.8 Å². The highest BCUT2D eigenvalue weighted by Gasteiger charge is 2.39. The summed E-state index contributed by atoms with van der Waals surface area (Å²) in [5, 5.41) is 0.